The number of benzene rings is 1. The molecule has 1 rings (SSSR count). The molecule has 1 aromatic carbocycles. The Hall–Kier alpha value is -1.84. The van der Waals surface area contributed by atoms with Crippen molar-refractivity contribution in [2.45, 2.75) is 20.3 Å². The summed E-state index contributed by atoms with van der Waals surface area (Å²) in [6, 6.07) is 5.18. The normalized spacial score (nSPS) is 9.82. The van der Waals surface area contributed by atoms with Gasteiger partial charge in [-0.25, -0.2) is 0 Å². The number of Topliss-reactive ketones (excluding diaryl/α,β-unsaturated/α-hetero) is 1. The SMILES string of the molecule is CCOc1ccc(C(=O)CC(=O)OC)c(C)c1. The third-order valence-electron chi connectivity index (χ3n) is 2.34. The highest BCUT2D eigenvalue weighted by molar-refractivity contribution is 6.06. The highest BCUT2D eigenvalue weighted by Crippen LogP contribution is 2.18. The first kappa shape index (κ1) is 13.2. The maximum atomic E-state index is 11.8. The number of hydrogen-bond donors (Lipinski definition) is 0. The lowest BCUT2D eigenvalue weighted by Crippen LogP contribution is -2.10. The van der Waals surface area contributed by atoms with Crippen molar-refractivity contribution in [3.05, 3.63) is 29.3 Å². The molecule has 0 aliphatic carbocycles. The van der Waals surface area contributed by atoms with Gasteiger partial charge in [0.25, 0.3) is 0 Å². The van der Waals surface area contributed by atoms with E-state index in [1.807, 2.05) is 13.8 Å². The average molecular weight is 236 g/mol. The molecule has 92 valence electrons. The zero-order chi connectivity index (χ0) is 12.8. The number of esters is 1. The molecule has 0 N–H and O–H groups in total. The Bertz CT molecular complexity index is 423. The molecular weight excluding hydrogens is 220 g/mol. The highest BCUT2D eigenvalue weighted by atomic mass is 16.5. The summed E-state index contributed by atoms with van der Waals surface area (Å²) in [7, 11) is 1.26. The summed E-state index contributed by atoms with van der Waals surface area (Å²) >= 11 is 0. The number of ether oxygens (including phenoxy) is 2. The van der Waals surface area contributed by atoms with Crippen molar-refractivity contribution in [3.8, 4) is 5.75 Å². The van der Waals surface area contributed by atoms with Gasteiger partial charge in [-0.3, -0.25) is 9.59 Å². The number of rotatable bonds is 5. The Morgan fingerprint density at radius 1 is 1.29 bits per heavy atom. The maximum Gasteiger partial charge on any atom is 0.313 e. The van der Waals surface area contributed by atoms with Gasteiger partial charge in [-0.2, -0.15) is 0 Å². The third kappa shape index (κ3) is 3.59. The van der Waals surface area contributed by atoms with Crippen LogP contribution in [-0.4, -0.2) is 25.5 Å². The second-order valence-electron chi connectivity index (χ2n) is 3.59. The molecule has 0 aliphatic heterocycles. The summed E-state index contributed by atoms with van der Waals surface area (Å²) in [5.41, 5.74) is 1.32. The van der Waals surface area contributed by atoms with Gasteiger partial charge >= 0.3 is 5.97 Å². The van der Waals surface area contributed by atoms with Gasteiger partial charge in [0.05, 0.1) is 13.7 Å². The smallest absolute Gasteiger partial charge is 0.313 e. The molecule has 0 saturated carbocycles. The van der Waals surface area contributed by atoms with E-state index in [1.165, 1.54) is 7.11 Å². The third-order valence-corrected chi connectivity index (χ3v) is 2.34. The van der Waals surface area contributed by atoms with Crippen LogP contribution in [-0.2, 0) is 9.53 Å². The first-order valence-corrected chi connectivity index (χ1v) is 5.42. The highest BCUT2D eigenvalue weighted by Gasteiger charge is 2.14. The lowest BCUT2D eigenvalue weighted by molar-refractivity contribution is -0.139. The van der Waals surface area contributed by atoms with Gasteiger partial charge < -0.3 is 9.47 Å². The van der Waals surface area contributed by atoms with Gasteiger partial charge in [-0.15, -0.1) is 0 Å². The summed E-state index contributed by atoms with van der Waals surface area (Å²) in [5.74, 6) is -0.0414. The number of hydrogen-bond acceptors (Lipinski definition) is 4. The second-order valence-corrected chi connectivity index (χ2v) is 3.59. The van der Waals surface area contributed by atoms with Crippen LogP contribution in [0.4, 0.5) is 0 Å². The van der Waals surface area contributed by atoms with E-state index in [4.69, 9.17) is 4.74 Å². The van der Waals surface area contributed by atoms with Gasteiger partial charge in [0.1, 0.15) is 12.2 Å². The Labute approximate surface area is 101 Å². The number of aryl methyl sites for hydroxylation is 1. The number of ketones is 1. The zero-order valence-electron chi connectivity index (χ0n) is 10.3. The van der Waals surface area contributed by atoms with Gasteiger partial charge in [0, 0.05) is 5.56 Å². The molecule has 0 bridgehead atoms. The van der Waals surface area contributed by atoms with Crippen LogP contribution in [0.2, 0.25) is 0 Å². The Morgan fingerprint density at radius 2 is 2.00 bits per heavy atom. The predicted molar refractivity (Wildman–Crippen MR) is 63.3 cm³/mol. The van der Waals surface area contributed by atoms with Crippen LogP contribution in [0.15, 0.2) is 18.2 Å². The molecule has 4 heteroatoms. The first-order valence-electron chi connectivity index (χ1n) is 5.42. The lowest BCUT2D eigenvalue weighted by atomic mass is 10.0. The molecule has 0 aromatic heterocycles. The van der Waals surface area contributed by atoms with E-state index in [2.05, 4.69) is 4.74 Å². The first-order chi connectivity index (χ1) is 8.08. The Kier molecular flexibility index (Phi) is 4.69. The Morgan fingerprint density at radius 3 is 2.53 bits per heavy atom. The molecule has 17 heavy (non-hydrogen) atoms. The standard InChI is InChI=1S/C13H16O4/c1-4-17-10-5-6-11(9(2)7-10)12(14)8-13(15)16-3/h5-7H,4,8H2,1-3H3. The number of carbonyl (C=O) groups is 2. The molecule has 0 fully saturated rings. The fraction of sp³-hybridized carbons (Fsp3) is 0.385. The van der Waals surface area contributed by atoms with Gasteiger partial charge in [0.2, 0.25) is 0 Å². The zero-order valence-corrected chi connectivity index (χ0v) is 10.3. The van der Waals surface area contributed by atoms with Crippen molar-refractivity contribution in [2.75, 3.05) is 13.7 Å². The largest absolute Gasteiger partial charge is 0.494 e. The molecule has 4 nitrogen and oxygen atoms in total. The molecule has 0 radical (unpaired) electrons. The average Bonchev–Trinajstić information content (AvgIpc) is 2.29. The molecule has 0 amide bonds. The van der Waals surface area contributed by atoms with Crippen molar-refractivity contribution < 1.29 is 19.1 Å². The fourth-order valence-electron chi connectivity index (χ4n) is 1.50. The van der Waals surface area contributed by atoms with Crippen LogP contribution in [0.1, 0.15) is 29.3 Å². The van der Waals surface area contributed by atoms with Crippen molar-refractivity contribution >= 4 is 11.8 Å². The minimum absolute atomic E-state index is 0.231. The number of methoxy groups -OCH3 is 1. The molecule has 0 atom stereocenters. The van der Waals surface area contributed by atoms with Gasteiger partial charge in [0.15, 0.2) is 5.78 Å². The van der Waals surface area contributed by atoms with Gasteiger partial charge in [-0.05, 0) is 37.6 Å². The van der Waals surface area contributed by atoms with Crippen LogP contribution in [0.3, 0.4) is 0 Å². The minimum atomic E-state index is -0.525. The van der Waals surface area contributed by atoms with Crippen molar-refractivity contribution in [1.82, 2.24) is 0 Å². The molecule has 0 saturated heterocycles. The van der Waals surface area contributed by atoms with Crippen LogP contribution >= 0.6 is 0 Å². The van der Waals surface area contributed by atoms with Gasteiger partial charge in [-0.1, -0.05) is 0 Å². The topological polar surface area (TPSA) is 52.6 Å². The minimum Gasteiger partial charge on any atom is -0.494 e. The summed E-state index contributed by atoms with van der Waals surface area (Å²) in [6.07, 6.45) is -0.231. The Balaban J connectivity index is 2.84. The molecule has 0 spiro atoms. The number of carbonyl (C=O) groups excluding carboxylic acids is 2. The van der Waals surface area contributed by atoms with E-state index >= 15 is 0 Å². The monoisotopic (exact) mass is 236 g/mol. The summed E-state index contributed by atoms with van der Waals surface area (Å²) in [4.78, 5) is 22.8. The van der Waals surface area contributed by atoms with Crippen molar-refractivity contribution in [2.24, 2.45) is 0 Å². The molecule has 0 heterocycles. The predicted octanol–water partition coefficient (Wildman–Crippen LogP) is 2.14. The van der Waals surface area contributed by atoms with Crippen LogP contribution < -0.4 is 4.74 Å². The fourth-order valence-corrected chi connectivity index (χ4v) is 1.50. The summed E-state index contributed by atoms with van der Waals surface area (Å²) in [5, 5.41) is 0. The van der Waals surface area contributed by atoms with E-state index < -0.39 is 5.97 Å². The summed E-state index contributed by atoms with van der Waals surface area (Å²) < 4.78 is 9.78. The second kappa shape index (κ2) is 6.03. The molecule has 0 aliphatic rings. The molecule has 1 aromatic rings. The molecule has 0 unspecified atom stereocenters. The van der Waals surface area contributed by atoms with Crippen molar-refractivity contribution in [3.63, 3.8) is 0 Å². The quantitative estimate of drug-likeness (QED) is 0.446. The van der Waals surface area contributed by atoms with E-state index in [0.29, 0.717) is 12.2 Å². The van der Waals surface area contributed by atoms with Crippen LogP contribution in [0.5, 0.6) is 5.75 Å². The van der Waals surface area contributed by atoms with Crippen LogP contribution in [0, 0.1) is 6.92 Å². The van der Waals surface area contributed by atoms with Crippen LogP contribution in [0.25, 0.3) is 0 Å². The van der Waals surface area contributed by atoms with E-state index in [-0.39, 0.29) is 12.2 Å². The van der Waals surface area contributed by atoms with E-state index in [9.17, 15) is 9.59 Å². The maximum absolute atomic E-state index is 11.8. The van der Waals surface area contributed by atoms with E-state index in [0.717, 1.165) is 11.3 Å². The molecular formula is C13H16O4. The lowest BCUT2D eigenvalue weighted by Gasteiger charge is -2.07. The summed E-state index contributed by atoms with van der Waals surface area (Å²) in [6.45, 7) is 4.29. The van der Waals surface area contributed by atoms with Crippen molar-refractivity contribution in [1.29, 1.82) is 0 Å². The van der Waals surface area contributed by atoms with E-state index in [1.54, 1.807) is 18.2 Å².